The largest absolute Gasteiger partial charge is 0.399 e. The second-order valence-electron chi connectivity index (χ2n) is 4.90. The van der Waals surface area contributed by atoms with Crippen molar-refractivity contribution in [2.24, 2.45) is 11.8 Å². The summed E-state index contributed by atoms with van der Waals surface area (Å²) >= 11 is 0. The number of nitrogen functional groups attached to an aromatic ring is 1. The zero-order chi connectivity index (χ0) is 12.4. The second-order valence-corrected chi connectivity index (χ2v) is 4.90. The van der Waals surface area contributed by atoms with Gasteiger partial charge in [-0.25, -0.2) is 0 Å². The van der Waals surface area contributed by atoms with E-state index in [1.807, 2.05) is 29.2 Å². The molecular weight excluding hydrogens is 212 g/mol. The number of carbonyl (C=O) groups is 1. The van der Waals surface area contributed by atoms with E-state index in [9.17, 15) is 4.79 Å². The third-order valence-corrected chi connectivity index (χ3v) is 3.34. The van der Waals surface area contributed by atoms with E-state index in [1.54, 1.807) is 0 Å². The molecule has 1 fully saturated rings. The minimum atomic E-state index is 0.235. The molecule has 0 bridgehead atoms. The van der Waals surface area contributed by atoms with Crippen molar-refractivity contribution in [3.8, 4) is 0 Å². The number of hydrogen-bond donors (Lipinski definition) is 1. The van der Waals surface area contributed by atoms with E-state index in [4.69, 9.17) is 5.73 Å². The zero-order valence-electron chi connectivity index (χ0n) is 10.5. The molecule has 1 amide bonds. The topological polar surface area (TPSA) is 46.3 Å². The molecule has 0 aliphatic heterocycles. The quantitative estimate of drug-likeness (QED) is 0.811. The summed E-state index contributed by atoms with van der Waals surface area (Å²) < 4.78 is 0. The molecule has 0 aromatic heterocycles. The third-order valence-electron chi connectivity index (χ3n) is 3.34. The standard InChI is InChI=1S/C14H20N2O/c1-3-8-16(14(17)13-9-10(13)2)12-6-4-11(15)5-7-12/h4-7,10,13H,3,8-9,15H2,1-2H3. The van der Waals surface area contributed by atoms with Gasteiger partial charge in [0.2, 0.25) is 5.91 Å². The van der Waals surface area contributed by atoms with Crippen molar-refractivity contribution in [3.05, 3.63) is 24.3 Å². The number of hydrogen-bond acceptors (Lipinski definition) is 2. The molecule has 1 aliphatic rings. The highest BCUT2D eigenvalue weighted by Crippen LogP contribution is 2.40. The van der Waals surface area contributed by atoms with Gasteiger partial charge in [0.1, 0.15) is 0 Å². The molecule has 2 rings (SSSR count). The van der Waals surface area contributed by atoms with Crippen LogP contribution in [0.5, 0.6) is 0 Å². The van der Waals surface area contributed by atoms with Gasteiger partial charge in [0.05, 0.1) is 0 Å². The lowest BCUT2D eigenvalue weighted by Crippen LogP contribution is -2.33. The van der Waals surface area contributed by atoms with Crippen LogP contribution in [0.4, 0.5) is 11.4 Å². The Morgan fingerprint density at radius 3 is 2.47 bits per heavy atom. The van der Waals surface area contributed by atoms with Crippen molar-refractivity contribution in [1.82, 2.24) is 0 Å². The molecule has 2 atom stereocenters. The van der Waals surface area contributed by atoms with E-state index in [0.717, 1.165) is 30.8 Å². The Balaban J connectivity index is 2.16. The van der Waals surface area contributed by atoms with Gasteiger partial charge in [0.25, 0.3) is 0 Å². The Labute approximate surface area is 103 Å². The summed E-state index contributed by atoms with van der Waals surface area (Å²) in [7, 11) is 0. The Morgan fingerprint density at radius 2 is 2.00 bits per heavy atom. The number of benzene rings is 1. The van der Waals surface area contributed by atoms with Crippen molar-refractivity contribution in [3.63, 3.8) is 0 Å². The molecule has 3 heteroatoms. The van der Waals surface area contributed by atoms with E-state index in [1.165, 1.54) is 0 Å². The van der Waals surface area contributed by atoms with Crippen LogP contribution in [0.1, 0.15) is 26.7 Å². The van der Waals surface area contributed by atoms with Crippen LogP contribution in [0.2, 0.25) is 0 Å². The average molecular weight is 232 g/mol. The summed E-state index contributed by atoms with van der Waals surface area (Å²) in [5.41, 5.74) is 7.36. The smallest absolute Gasteiger partial charge is 0.230 e. The summed E-state index contributed by atoms with van der Waals surface area (Å²) in [5.74, 6) is 1.05. The summed E-state index contributed by atoms with van der Waals surface area (Å²) in [6, 6.07) is 7.55. The maximum atomic E-state index is 12.3. The number of anilines is 2. The summed E-state index contributed by atoms with van der Waals surface area (Å²) in [6.45, 7) is 5.01. The predicted octanol–water partition coefficient (Wildman–Crippen LogP) is 2.67. The van der Waals surface area contributed by atoms with Crippen molar-refractivity contribution in [2.75, 3.05) is 17.2 Å². The van der Waals surface area contributed by atoms with E-state index in [2.05, 4.69) is 13.8 Å². The highest BCUT2D eigenvalue weighted by Gasteiger charge is 2.41. The molecule has 1 aliphatic carbocycles. The zero-order valence-corrected chi connectivity index (χ0v) is 10.5. The maximum Gasteiger partial charge on any atom is 0.230 e. The number of rotatable bonds is 4. The Bertz CT molecular complexity index is 399. The van der Waals surface area contributed by atoms with Gasteiger partial charge < -0.3 is 10.6 Å². The van der Waals surface area contributed by atoms with Crippen molar-refractivity contribution < 1.29 is 4.79 Å². The first-order valence-corrected chi connectivity index (χ1v) is 6.30. The molecule has 1 aromatic carbocycles. The number of nitrogens with zero attached hydrogens (tertiary/aromatic N) is 1. The van der Waals surface area contributed by atoms with Gasteiger partial charge in [0, 0.05) is 23.8 Å². The number of carbonyl (C=O) groups excluding carboxylic acids is 1. The third kappa shape index (κ3) is 2.60. The number of amides is 1. The lowest BCUT2D eigenvalue weighted by Gasteiger charge is -2.22. The molecule has 2 N–H and O–H groups in total. The van der Waals surface area contributed by atoms with Crippen molar-refractivity contribution in [1.29, 1.82) is 0 Å². The second kappa shape index (κ2) is 4.78. The SMILES string of the molecule is CCCN(C(=O)C1CC1C)c1ccc(N)cc1. The molecule has 3 nitrogen and oxygen atoms in total. The fourth-order valence-electron chi connectivity index (χ4n) is 2.11. The van der Waals surface area contributed by atoms with Crippen LogP contribution in [-0.4, -0.2) is 12.5 Å². The van der Waals surface area contributed by atoms with Gasteiger partial charge in [-0.3, -0.25) is 4.79 Å². The van der Waals surface area contributed by atoms with Gasteiger partial charge in [-0.05, 0) is 43.0 Å². The van der Waals surface area contributed by atoms with Crippen LogP contribution in [-0.2, 0) is 4.79 Å². The Kier molecular flexibility index (Phi) is 3.36. The summed E-state index contributed by atoms with van der Waals surface area (Å²) in [5, 5.41) is 0. The highest BCUT2D eigenvalue weighted by atomic mass is 16.2. The lowest BCUT2D eigenvalue weighted by atomic mass is 10.2. The van der Waals surface area contributed by atoms with Gasteiger partial charge in [-0.1, -0.05) is 13.8 Å². The van der Waals surface area contributed by atoms with Gasteiger partial charge in [-0.15, -0.1) is 0 Å². The summed E-state index contributed by atoms with van der Waals surface area (Å²) in [4.78, 5) is 14.2. The molecule has 1 aromatic rings. The van der Waals surface area contributed by atoms with Crippen LogP contribution in [0.3, 0.4) is 0 Å². The minimum Gasteiger partial charge on any atom is -0.399 e. The van der Waals surface area contributed by atoms with Crippen LogP contribution >= 0.6 is 0 Å². The van der Waals surface area contributed by atoms with E-state index in [-0.39, 0.29) is 11.8 Å². The fraction of sp³-hybridized carbons (Fsp3) is 0.500. The Morgan fingerprint density at radius 1 is 1.41 bits per heavy atom. The minimum absolute atomic E-state index is 0.235. The molecule has 92 valence electrons. The fourth-order valence-corrected chi connectivity index (χ4v) is 2.11. The van der Waals surface area contributed by atoms with E-state index < -0.39 is 0 Å². The van der Waals surface area contributed by atoms with E-state index >= 15 is 0 Å². The molecular formula is C14H20N2O. The normalized spacial score (nSPS) is 22.2. The van der Waals surface area contributed by atoms with Gasteiger partial charge in [-0.2, -0.15) is 0 Å². The molecule has 2 unspecified atom stereocenters. The first-order chi connectivity index (χ1) is 8.13. The van der Waals surface area contributed by atoms with Crippen LogP contribution in [0.15, 0.2) is 24.3 Å². The average Bonchev–Trinajstić information content (AvgIpc) is 3.04. The maximum absolute atomic E-state index is 12.3. The summed E-state index contributed by atoms with van der Waals surface area (Å²) in [6.07, 6.45) is 2.01. The molecule has 0 spiro atoms. The van der Waals surface area contributed by atoms with Gasteiger partial charge >= 0.3 is 0 Å². The molecule has 0 saturated heterocycles. The predicted molar refractivity (Wildman–Crippen MR) is 70.8 cm³/mol. The van der Waals surface area contributed by atoms with Crippen molar-refractivity contribution in [2.45, 2.75) is 26.7 Å². The molecule has 17 heavy (non-hydrogen) atoms. The first kappa shape index (κ1) is 12.0. The Hall–Kier alpha value is -1.51. The van der Waals surface area contributed by atoms with Gasteiger partial charge in [0.15, 0.2) is 0 Å². The van der Waals surface area contributed by atoms with Crippen LogP contribution < -0.4 is 10.6 Å². The highest BCUT2D eigenvalue weighted by molar-refractivity contribution is 5.96. The lowest BCUT2D eigenvalue weighted by molar-refractivity contribution is -0.120. The van der Waals surface area contributed by atoms with Crippen LogP contribution in [0.25, 0.3) is 0 Å². The molecule has 0 radical (unpaired) electrons. The van der Waals surface area contributed by atoms with E-state index in [0.29, 0.717) is 5.92 Å². The molecule has 0 heterocycles. The first-order valence-electron chi connectivity index (χ1n) is 6.30. The number of nitrogens with two attached hydrogens (primary N) is 1. The van der Waals surface area contributed by atoms with Crippen molar-refractivity contribution >= 4 is 17.3 Å². The monoisotopic (exact) mass is 232 g/mol. The molecule has 1 saturated carbocycles. The van der Waals surface area contributed by atoms with Crippen LogP contribution in [0, 0.1) is 11.8 Å².